The van der Waals surface area contributed by atoms with Crippen LogP contribution in [0.3, 0.4) is 0 Å². The second-order valence-electron chi connectivity index (χ2n) is 9.80. The van der Waals surface area contributed by atoms with Gasteiger partial charge in [0.1, 0.15) is 5.82 Å². The molecule has 0 saturated carbocycles. The van der Waals surface area contributed by atoms with Gasteiger partial charge in [0.2, 0.25) is 0 Å². The molecule has 2 aliphatic heterocycles. The minimum atomic E-state index is -0.374. The molecule has 0 radical (unpaired) electrons. The molecule has 2 aromatic rings. The van der Waals surface area contributed by atoms with Crippen molar-refractivity contribution in [1.29, 1.82) is 0 Å². The van der Waals surface area contributed by atoms with E-state index in [9.17, 15) is 4.79 Å². The zero-order chi connectivity index (χ0) is 27.9. The second kappa shape index (κ2) is 16.7. The van der Waals surface area contributed by atoms with Crippen molar-refractivity contribution in [2.75, 3.05) is 26.7 Å². The van der Waals surface area contributed by atoms with Gasteiger partial charge >= 0.3 is 0 Å². The fraction of sp³-hybridized carbons (Fsp3) is 0.485. The molecule has 1 amide bonds. The molecule has 0 bridgehead atoms. The molecule has 0 unspecified atom stereocenters. The molecular weight excluding hydrogens is 468 g/mol. The molecule has 38 heavy (non-hydrogen) atoms. The van der Waals surface area contributed by atoms with Crippen LogP contribution in [-0.4, -0.2) is 43.5 Å². The Labute approximate surface area is 231 Å². The first-order valence-electron chi connectivity index (χ1n) is 14.5. The monoisotopic (exact) mass is 518 g/mol. The van der Waals surface area contributed by atoms with Crippen LogP contribution >= 0.6 is 0 Å². The second-order valence-corrected chi connectivity index (χ2v) is 9.80. The average Bonchev–Trinajstić information content (AvgIpc) is 2.96. The van der Waals surface area contributed by atoms with Crippen molar-refractivity contribution in [3.05, 3.63) is 88.8 Å². The number of carbonyl (C=O) groups excluding carboxylic acids is 1. The lowest BCUT2D eigenvalue weighted by molar-refractivity contribution is -0.114. The Kier molecular flexibility index (Phi) is 13.7. The third kappa shape index (κ3) is 8.76. The standard InChI is InChI=1S/C23H34N4O.C8H10.C2H6/c1-4-5-19(17-8-6-16(2)7-9-17)21(22(24)28)23-26-15-12-20(27(23)3)18-10-13-25-14-11-18;1-2-8-6-4-3-5-7-8;1-2/h5-9,18,20,25-26H,4,10-15H2,1-3H3,(H2,24,28);3-7H,2H2,1H3;1-2H3/b19-5+,23-21+;;/t20-;;/m0../s1. The molecule has 208 valence electrons. The molecule has 2 saturated heterocycles. The number of hydrogen-bond acceptors (Lipinski definition) is 4. The molecule has 4 rings (SSSR count). The Morgan fingerprint density at radius 2 is 1.61 bits per heavy atom. The number of nitrogens with one attached hydrogen (secondary N) is 2. The highest BCUT2D eigenvalue weighted by Crippen LogP contribution is 2.32. The quantitative estimate of drug-likeness (QED) is 0.407. The van der Waals surface area contributed by atoms with Crippen molar-refractivity contribution < 1.29 is 4.79 Å². The average molecular weight is 519 g/mol. The third-order valence-corrected chi connectivity index (χ3v) is 7.29. The Balaban J connectivity index is 0.000000428. The summed E-state index contributed by atoms with van der Waals surface area (Å²) in [5, 5.41) is 6.94. The normalized spacial score (nSPS) is 19.3. The molecule has 5 nitrogen and oxygen atoms in total. The van der Waals surface area contributed by atoms with Gasteiger partial charge in [-0.25, -0.2) is 0 Å². The predicted molar refractivity (Wildman–Crippen MR) is 163 cm³/mol. The number of piperidine rings is 1. The van der Waals surface area contributed by atoms with Gasteiger partial charge < -0.3 is 21.3 Å². The van der Waals surface area contributed by atoms with Crippen molar-refractivity contribution in [2.24, 2.45) is 11.7 Å². The summed E-state index contributed by atoms with van der Waals surface area (Å²) in [5.41, 5.74) is 11.1. The topological polar surface area (TPSA) is 70.4 Å². The van der Waals surface area contributed by atoms with Crippen LogP contribution < -0.4 is 16.4 Å². The summed E-state index contributed by atoms with van der Waals surface area (Å²) in [7, 11) is 2.11. The number of nitrogens with zero attached hydrogens (tertiary/aromatic N) is 1. The van der Waals surface area contributed by atoms with Gasteiger partial charge in [-0.15, -0.1) is 0 Å². The van der Waals surface area contributed by atoms with E-state index in [1.54, 1.807) is 0 Å². The zero-order valence-corrected chi connectivity index (χ0v) is 24.5. The van der Waals surface area contributed by atoms with E-state index in [-0.39, 0.29) is 5.91 Å². The molecule has 2 aliphatic rings. The number of primary amides is 1. The van der Waals surface area contributed by atoms with Gasteiger partial charge in [-0.3, -0.25) is 4.79 Å². The Bertz CT molecular complexity index is 1020. The van der Waals surface area contributed by atoms with Crippen molar-refractivity contribution in [3.8, 4) is 0 Å². The highest BCUT2D eigenvalue weighted by molar-refractivity contribution is 6.08. The van der Waals surface area contributed by atoms with Gasteiger partial charge in [-0.05, 0) is 74.7 Å². The maximum Gasteiger partial charge on any atom is 0.252 e. The van der Waals surface area contributed by atoms with Crippen LogP contribution in [0.4, 0.5) is 0 Å². The van der Waals surface area contributed by atoms with E-state index in [1.807, 2.05) is 19.9 Å². The number of carbonyl (C=O) groups is 1. The summed E-state index contributed by atoms with van der Waals surface area (Å²) in [6, 6.07) is 19.2. The molecule has 1 atom stereocenters. The lowest BCUT2D eigenvalue weighted by Crippen LogP contribution is -2.51. The van der Waals surface area contributed by atoms with Gasteiger partial charge in [0.15, 0.2) is 0 Å². The SMILES string of the molecule is CC.CC/C=C(/C(C(N)=O)=C1/NCC[C@@H](C2CCNCC2)N1C)c1ccc(C)cc1.CCc1ccccc1. The number of benzene rings is 2. The molecule has 0 aliphatic carbocycles. The first kappa shape index (κ1) is 31.2. The summed E-state index contributed by atoms with van der Waals surface area (Å²) in [6.07, 6.45) is 7.55. The van der Waals surface area contributed by atoms with Crippen LogP contribution in [0.5, 0.6) is 0 Å². The number of amides is 1. The third-order valence-electron chi connectivity index (χ3n) is 7.29. The van der Waals surface area contributed by atoms with Crippen LogP contribution in [0.2, 0.25) is 0 Å². The van der Waals surface area contributed by atoms with Crippen molar-refractivity contribution in [2.45, 2.75) is 72.8 Å². The molecule has 0 aromatic heterocycles. The zero-order valence-electron chi connectivity index (χ0n) is 24.5. The van der Waals surface area contributed by atoms with Crippen LogP contribution in [0, 0.1) is 12.8 Å². The molecule has 2 heterocycles. The summed E-state index contributed by atoms with van der Waals surface area (Å²) in [5.74, 6) is 1.15. The highest BCUT2D eigenvalue weighted by Gasteiger charge is 2.33. The molecule has 2 fully saturated rings. The summed E-state index contributed by atoms with van der Waals surface area (Å²) >= 11 is 0. The van der Waals surface area contributed by atoms with E-state index >= 15 is 0 Å². The first-order chi connectivity index (χ1) is 18.5. The Morgan fingerprint density at radius 1 is 0.974 bits per heavy atom. The maximum atomic E-state index is 12.6. The summed E-state index contributed by atoms with van der Waals surface area (Å²) in [4.78, 5) is 14.9. The highest BCUT2D eigenvalue weighted by atomic mass is 16.1. The van der Waals surface area contributed by atoms with Gasteiger partial charge in [0.25, 0.3) is 5.91 Å². The number of allylic oxidation sites excluding steroid dienone is 1. The van der Waals surface area contributed by atoms with Crippen LogP contribution in [0.1, 0.15) is 70.1 Å². The van der Waals surface area contributed by atoms with E-state index in [0.717, 1.165) is 55.9 Å². The number of hydrogen-bond donors (Lipinski definition) is 3. The lowest BCUT2D eigenvalue weighted by atomic mass is 9.85. The van der Waals surface area contributed by atoms with Gasteiger partial charge in [-0.2, -0.15) is 0 Å². The summed E-state index contributed by atoms with van der Waals surface area (Å²) in [6.45, 7) is 13.4. The largest absolute Gasteiger partial charge is 0.371 e. The number of aryl methyl sites for hydroxylation is 2. The Morgan fingerprint density at radius 3 is 2.13 bits per heavy atom. The number of nitrogens with two attached hydrogens (primary N) is 1. The number of rotatable bonds is 6. The van der Waals surface area contributed by atoms with E-state index in [0.29, 0.717) is 17.5 Å². The lowest BCUT2D eigenvalue weighted by Gasteiger charge is -2.43. The minimum absolute atomic E-state index is 0.374. The van der Waals surface area contributed by atoms with E-state index in [4.69, 9.17) is 5.73 Å². The van der Waals surface area contributed by atoms with Gasteiger partial charge in [0, 0.05) is 19.6 Å². The fourth-order valence-corrected chi connectivity index (χ4v) is 5.26. The van der Waals surface area contributed by atoms with Gasteiger partial charge in [-0.1, -0.05) is 93.9 Å². The van der Waals surface area contributed by atoms with E-state index < -0.39 is 0 Å². The molecule has 5 heteroatoms. The van der Waals surface area contributed by atoms with E-state index in [2.05, 4.69) is 98.0 Å². The maximum absolute atomic E-state index is 12.6. The summed E-state index contributed by atoms with van der Waals surface area (Å²) < 4.78 is 0. The fourth-order valence-electron chi connectivity index (χ4n) is 5.26. The minimum Gasteiger partial charge on any atom is -0.371 e. The molecular formula is C33H50N4O. The Hall–Kier alpha value is -3.05. The van der Waals surface area contributed by atoms with Gasteiger partial charge in [0.05, 0.1) is 5.57 Å². The predicted octanol–water partition coefficient (Wildman–Crippen LogP) is 6.05. The molecule has 0 spiro atoms. The van der Waals surface area contributed by atoms with Crippen LogP contribution in [-0.2, 0) is 11.2 Å². The van der Waals surface area contributed by atoms with Crippen LogP contribution in [0.15, 0.2) is 72.1 Å². The smallest absolute Gasteiger partial charge is 0.252 e. The van der Waals surface area contributed by atoms with Crippen molar-refractivity contribution >= 4 is 11.5 Å². The first-order valence-corrected chi connectivity index (χ1v) is 14.5. The van der Waals surface area contributed by atoms with Crippen molar-refractivity contribution in [3.63, 3.8) is 0 Å². The molecule has 4 N–H and O–H groups in total. The molecule has 2 aromatic carbocycles. The van der Waals surface area contributed by atoms with Crippen LogP contribution in [0.25, 0.3) is 5.57 Å². The van der Waals surface area contributed by atoms with Crippen molar-refractivity contribution in [1.82, 2.24) is 15.5 Å². The van der Waals surface area contributed by atoms with E-state index in [1.165, 1.54) is 24.0 Å².